The van der Waals surface area contributed by atoms with Crippen LogP contribution in [0.3, 0.4) is 0 Å². The predicted molar refractivity (Wildman–Crippen MR) is 84.1 cm³/mol. The normalized spacial score (nSPS) is 12.0. The van der Waals surface area contributed by atoms with Crippen molar-refractivity contribution in [2.45, 2.75) is 31.2 Å². The lowest BCUT2D eigenvalue weighted by molar-refractivity contribution is 0.600. The highest BCUT2D eigenvalue weighted by Gasteiger charge is 2.21. The number of sulfonamides is 1. The van der Waals surface area contributed by atoms with Crippen LogP contribution in [0.15, 0.2) is 21.7 Å². The zero-order valence-corrected chi connectivity index (χ0v) is 14.0. The Morgan fingerprint density at radius 1 is 1.35 bits per heavy atom. The lowest BCUT2D eigenvalue weighted by atomic mass is 10.2. The second kappa shape index (κ2) is 6.21. The summed E-state index contributed by atoms with van der Waals surface area (Å²) < 4.78 is 27.3. The van der Waals surface area contributed by atoms with E-state index >= 15 is 0 Å². The van der Waals surface area contributed by atoms with Gasteiger partial charge in [0.2, 0.25) is 0 Å². The van der Waals surface area contributed by atoms with Gasteiger partial charge < -0.3 is 5.32 Å². The molecule has 0 aromatic carbocycles. The summed E-state index contributed by atoms with van der Waals surface area (Å²) >= 11 is 2.73. The van der Waals surface area contributed by atoms with Crippen LogP contribution in [0.5, 0.6) is 0 Å². The number of thiophene rings is 1. The molecular weight excluding hydrogens is 314 g/mol. The van der Waals surface area contributed by atoms with Crippen molar-refractivity contribution in [1.82, 2.24) is 10.3 Å². The Bertz CT molecular complexity index is 674. The Morgan fingerprint density at radius 2 is 2.10 bits per heavy atom. The SMILES string of the molecule is CNCc1sccc1S(=O)(=O)Nc1nc(C(C)C)cs1. The first-order chi connectivity index (χ1) is 9.44. The van der Waals surface area contributed by atoms with Gasteiger partial charge in [-0.3, -0.25) is 4.72 Å². The summed E-state index contributed by atoms with van der Waals surface area (Å²) in [4.78, 5) is 5.41. The fraction of sp³-hybridized carbons (Fsp3) is 0.417. The molecule has 0 amide bonds. The number of aromatic nitrogens is 1. The van der Waals surface area contributed by atoms with Crippen LogP contribution < -0.4 is 10.0 Å². The van der Waals surface area contributed by atoms with E-state index in [1.165, 1.54) is 22.7 Å². The maximum Gasteiger partial charge on any atom is 0.264 e. The summed E-state index contributed by atoms with van der Waals surface area (Å²) in [5, 5.41) is 7.04. The highest BCUT2D eigenvalue weighted by molar-refractivity contribution is 7.93. The Hall–Kier alpha value is -0.960. The van der Waals surface area contributed by atoms with Crippen molar-refractivity contribution in [3.05, 3.63) is 27.4 Å². The van der Waals surface area contributed by atoms with E-state index in [2.05, 4.69) is 15.0 Å². The van der Waals surface area contributed by atoms with Crippen LogP contribution in [0.1, 0.15) is 30.3 Å². The lowest BCUT2D eigenvalue weighted by Crippen LogP contribution is -2.15. The van der Waals surface area contributed by atoms with Crippen LogP contribution >= 0.6 is 22.7 Å². The molecule has 2 heterocycles. The molecule has 5 nitrogen and oxygen atoms in total. The number of nitrogens with one attached hydrogen (secondary N) is 2. The molecule has 2 aromatic heterocycles. The van der Waals surface area contributed by atoms with Crippen molar-refractivity contribution >= 4 is 37.8 Å². The molecule has 0 bridgehead atoms. The standard InChI is InChI=1S/C12H17N3O2S3/c1-8(2)9-7-19-12(14-9)15-20(16,17)11-4-5-18-10(11)6-13-3/h4-5,7-8,13H,6H2,1-3H3,(H,14,15). The van der Waals surface area contributed by atoms with Gasteiger partial charge in [0.25, 0.3) is 10.0 Å². The van der Waals surface area contributed by atoms with Gasteiger partial charge in [-0.15, -0.1) is 22.7 Å². The van der Waals surface area contributed by atoms with E-state index in [9.17, 15) is 8.42 Å². The number of anilines is 1. The van der Waals surface area contributed by atoms with Crippen LogP contribution in [0.2, 0.25) is 0 Å². The molecule has 2 aromatic rings. The molecule has 0 saturated carbocycles. The quantitative estimate of drug-likeness (QED) is 0.854. The van der Waals surface area contributed by atoms with Crippen LogP contribution in [0, 0.1) is 0 Å². The summed E-state index contributed by atoms with van der Waals surface area (Å²) in [6.45, 7) is 4.58. The molecule has 8 heteroatoms. The smallest absolute Gasteiger partial charge is 0.264 e. The molecule has 20 heavy (non-hydrogen) atoms. The molecule has 2 N–H and O–H groups in total. The van der Waals surface area contributed by atoms with Gasteiger partial charge in [-0.2, -0.15) is 0 Å². The predicted octanol–water partition coefficient (Wildman–Crippen LogP) is 2.85. The lowest BCUT2D eigenvalue weighted by Gasteiger charge is -2.06. The number of hydrogen-bond acceptors (Lipinski definition) is 6. The average molecular weight is 331 g/mol. The highest BCUT2D eigenvalue weighted by atomic mass is 32.2. The second-order valence-electron chi connectivity index (χ2n) is 4.58. The van der Waals surface area contributed by atoms with E-state index in [1.807, 2.05) is 19.2 Å². The number of nitrogens with zero attached hydrogens (tertiary/aromatic N) is 1. The average Bonchev–Trinajstić information content (AvgIpc) is 2.98. The van der Waals surface area contributed by atoms with E-state index in [1.54, 1.807) is 18.5 Å². The first-order valence-corrected chi connectivity index (χ1v) is 9.37. The van der Waals surface area contributed by atoms with Gasteiger partial charge in [-0.05, 0) is 24.4 Å². The molecule has 0 aliphatic carbocycles. The summed E-state index contributed by atoms with van der Waals surface area (Å²) in [6.07, 6.45) is 0. The topological polar surface area (TPSA) is 71.1 Å². The molecule has 0 saturated heterocycles. The monoisotopic (exact) mass is 331 g/mol. The summed E-state index contributed by atoms with van der Waals surface area (Å²) in [5.41, 5.74) is 0.897. The third kappa shape index (κ3) is 3.38. The van der Waals surface area contributed by atoms with Crippen molar-refractivity contribution in [2.75, 3.05) is 11.8 Å². The molecular formula is C12H17N3O2S3. The Kier molecular flexibility index (Phi) is 4.79. The van der Waals surface area contributed by atoms with E-state index in [4.69, 9.17) is 0 Å². The highest BCUT2D eigenvalue weighted by Crippen LogP contribution is 2.27. The minimum absolute atomic E-state index is 0.283. The molecule has 0 atom stereocenters. The van der Waals surface area contributed by atoms with Gasteiger partial charge in [0, 0.05) is 16.8 Å². The van der Waals surface area contributed by atoms with Crippen LogP contribution in [-0.2, 0) is 16.6 Å². The zero-order chi connectivity index (χ0) is 14.8. The van der Waals surface area contributed by atoms with Crippen molar-refractivity contribution in [2.24, 2.45) is 0 Å². The molecule has 0 aliphatic heterocycles. The summed E-state index contributed by atoms with van der Waals surface area (Å²) in [7, 11) is -1.78. The molecule has 0 aliphatic rings. The van der Waals surface area contributed by atoms with Gasteiger partial charge in [-0.1, -0.05) is 13.8 Å². The molecule has 0 radical (unpaired) electrons. The maximum atomic E-state index is 12.4. The summed E-state index contributed by atoms with van der Waals surface area (Å²) in [6, 6.07) is 1.62. The third-order valence-electron chi connectivity index (χ3n) is 2.67. The fourth-order valence-corrected chi connectivity index (χ4v) is 5.21. The number of rotatable bonds is 6. The van der Waals surface area contributed by atoms with Gasteiger partial charge in [-0.25, -0.2) is 13.4 Å². The van der Waals surface area contributed by atoms with Crippen LogP contribution in [0.25, 0.3) is 0 Å². The van der Waals surface area contributed by atoms with Crippen molar-refractivity contribution in [3.63, 3.8) is 0 Å². The molecule has 110 valence electrons. The van der Waals surface area contributed by atoms with E-state index in [0.717, 1.165) is 10.6 Å². The van der Waals surface area contributed by atoms with E-state index < -0.39 is 10.0 Å². The molecule has 0 unspecified atom stereocenters. The third-order valence-corrected chi connectivity index (χ3v) is 6.05. The van der Waals surface area contributed by atoms with Crippen molar-refractivity contribution in [1.29, 1.82) is 0 Å². The van der Waals surface area contributed by atoms with Gasteiger partial charge in [0.15, 0.2) is 5.13 Å². The van der Waals surface area contributed by atoms with E-state index in [-0.39, 0.29) is 5.92 Å². The van der Waals surface area contributed by atoms with Crippen LogP contribution in [-0.4, -0.2) is 20.4 Å². The minimum atomic E-state index is -3.57. The largest absolute Gasteiger partial charge is 0.315 e. The molecule has 0 spiro atoms. The van der Waals surface area contributed by atoms with Gasteiger partial charge in [0.05, 0.1) is 5.69 Å². The summed E-state index contributed by atoms with van der Waals surface area (Å²) in [5.74, 6) is 0.283. The Balaban J connectivity index is 2.24. The number of hydrogen-bond donors (Lipinski definition) is 2. The van der Waals surface area contributed by atoms with Gasteiger partial charge in [0.1, 0.15) is 4.90 Å². The van der Waals surface area contributed by atoms with E-state index in [0.29, 0.717) is 16.6 Å². The molecule has 2 rings (SSSR count). The minimum Gasteiger partial charge on any atom is -0.315 e. The van der Waals surface area contributed by atoms with Crippen molar-refractivity contribution in [3.8, 4) is 0 Å². The van der Waals surface area contributed by atoms with Crippen molar-refractivity contribution < 1.29 is 8.42 Å². The fourth-order valence-electron chi connectivity index (χ4n) is 1.63. The second-order valence-corrected chi connectivity index (χ2v) is 8.09. The van der Waals surface area contributed by atoms with Gasteiger partial charge >= 0.3 is 0 Å². The molecule has 0 fully saturated rings. The Morgan fingerprint density at radius 3 is 2.70 bits per heavy atom. The first-order valence-electron chi connectivity index (χ1n) is 6.13. The first kappa shape index (κ1) is 15.4. The zero-order valence-electron chi connectivity index (χ0n) is 11.5. The maximum absolute atomic E-state index is 12.4. The Labute approximate surface area is 127 Å². The van der Waals surface area contributed by atoms with Crippen LogP contribution in [0.4, 0.5) is 5.13 Å². The number of thiazole rings is 1.